The molecule has 0 amide bonds. The van der Waals surface area contributed by atoms with Crippen LogP contribution in [0.1, 0.15) is 42.3 Å². The number of rotatable bonds is 6. The first-order chi connectivity index (χ1) is 14.1. The summed E-state index contributed by atoms with van der Waals surface area (Å²) in [6.45, 7) is 10.1. The number of hydrogen-bond acceptors (Lipinski definition) is 4. The van der Waals surface area contributed by atoms with Crippen LogP contribution in [-0.2, 0) is 13.2 Å². The van der Waals surface area contributed by atoms with Gasteiger partial charge in [0.05, 0.1) is 0 Å². The van der Waals surface area contributed by atoms with Gasteiger partial charge in [-0.2, -0.15) is 0 Å². The second-order valence-electron chi connectivity index (χ2n) is 8.31. The van der Waals surface area contributed by atoms with Crippen molar-refractivity contribution in [3.63, 3.8) is 0 Å². The van der Waals surface area contributed by atoms with Crippen LogP contribution in [0.3, 0.4) is 0 Å². The summed E-state index contributed by atoms with van der Waals surface area (Å²) >= 11 is 0. The molecule has 1 aromatic heterocycles. The van der Waals surface area contributed by atoms with Gasteiger partial charge < -0.3 is 9.15 Å². The van der Waals surface area contributed by atoms with Crippen molar-refractivity contribution in [2.45, 2.75) is 46.8 Å². The van der Waals surface area contributed by atoms with Crippen LogP contribution >= 0.6 is 0 Å². The number of benzene rings is 2. The molecular formula is C25H30N2O2. The molecule has 4 rings (SSSR count). The Labute approximate surface area is 173 Å². The van der Waals surface area contributed by atoms with Gasteiger partial charge >= 0.3 is 0 Å². The summed E-state index contributed by atoms with van der Waals surface area (Å²) in [7, 11) is 0. The van der Waals surface area contributed by atoms with Gasteiger partial charge in [-0.25, -0.2) is 4.98 Å². The second-order valence-corrected chi connectivity index (χ2v) is 8.31. The Kier molecular flexibility index (Phi) is 6.00. The quantitative estimate of drug-likeness (QED) is 0.536. The van der Waals surface area contributed by atoms with Gasteiger partial charge in [0, 0.05) is 18.7 Å². The predicted molar refractivity (Wildman–Crippen MR) is 116 cm³/mol. The van der Waals surface area contributed by atoms with Crippen LogP contribution in [0.15, 0.2) is 52.9 Å². The van der Waals surface area contributed by atoms with Gasteiger partial charge in [0.2, 0.25) is 5.89 Å². The molecule has 1 saturated heterocycles. The van der Waals surface area contributed by atoms with E-state index >= 15 is 0 Å². The third-order valence-electron chi connectivity index (χ3n) is 5.61. The molecule has 0 saturated carbocycles. The van der Waals surface area contributed by atoms with Crippen molar-refractivity contribution >= 4 is 0 Å². The zero-order valence-corrected chi connectivity index (χ0v) is 17.6. The minimum Gasteiger partial charge on any atom is -0.487 e. The third-order valence-corrected chi connectivity index (χ3v) is 5.61. The number of likely N-dealkylation sites (tertiary alicyclic amines) is 1. The molecule has 1 fully saturated rings. The Bertz CT molecular complexity index is 946. The Morgan fingerprint density at radius 3 is 2.76 bits per heavy atom. The molecule has 2 heterocycles. The highest BCUT2D eigenvalue weighted by molar-refractivity contribution is 5.54. The lowest BCUT2D eigenvalue weighted by Gasteiger charge is -2.30. The number of aryl methyl sites for hydroxylation is 2. The molecule has 29 heavy (non-hydrogen) atoms. The Hall–Kier alpha value is -2.59. The largest absolute Gasteiger partial charge is 0.487 e. The Balaban J connectivity index is 1.39. The number of ether oxygens (including phenoxy) is 1. The van der Waals surface area contributed by atoms with Crippen molar-refractivity contribution in [1.29, 1.82) is 0 Å². The zero-order valence-electron chi connectivity index (χ0n) is 17.6. The summed E-state index contributed by atoms with van der Waals surface area (Å²) < 4.78 is 11.9. The first kappa shape index (κ1) is 19.7. The lowest BCUT2D eigenvalue weighted by Crippen LogP contribution is -2.33. The van der Waals surface area contributed by atoms with E-state index in [0.29, 0.717) is 12.5 Å². The normalized spacial score (nSPS) is 17.4. The molecule has 4 heteroatoms. The average molecular weight is 391 g/mol. The highest BCUT2D eigenvalue weighted by atomic mass is 16.5. The van der Waals surface area contributed by atoms with Crippen molar-refractivity contribution in [3.8, 4) is 17.2 Å². The average Bonchev–Trinajstić information content (AvgIpc) is 3.08. The molecule has 0 N–H and O–H groups in total. The molecular weight excluding hydrogens is 360 g/mol. The molecule has 152 valence electrons. The van der Waals surface area contributed by atoms with Crippen LogP contribution in [0.5, 0.6) is 5.75 Å². The van der Waals surface area contributed by atoms with Crippen LogP contribution in [-0.4, -0.2) is 23.0 Å². The summed E-state index contributed by atoms with van der Waals surface area (Å²) in [5, 5.41) is 0. The highest BCUT2D eigenvalue weighted by Crippen LogP contribution is 2.24. The minimum absolute atomic E-state index is 0.408. The fraction of sp³-hybridized carbons (Fsp3) is 0.400. The summed E-state index contributed by atoms with van der Waals surface area (Å²) in [5.41, 5.74) is 4.35. The van der Waals surface area contributed by atoms with Crippen LogP contribution < -0.4 is 4.74 Å². The summed E-state index contributed by atoms with van der Waals surface area (Å²) in [4.78, 5) is 7.19. The van der Waals surface area contributed by atoms with Crippen LogP contribution in [0.25, 0.3) is 11.5 Å². The van der Waals surface area contributed by atoms with E-state index in [0.717, 1.165) is 35.2 Å². The van der Waals surface area contributed by atoms with E-state index in [1.807, 2.05) is 25.1 Å². The topological polar surface area (TPSA) is 38.5 Å². The molecule has 1 aliphatic rings. The van der Waals surface area contributed by atoms with Gasteiger partial charge in [0.1, 0.15) is 23.8 Å². The van der Waals surface area contributed by atoms with E-state index in [2.05, 4.69) is 54.1 Å². The smallest absolute Gasteiger partial charge is 0.226 e. The molecule has 0 radical (unpaired) electrons. The van der Waals surface area contributed by atoms with E-state index in [1.165, 1.54) is 37.1 Å². The molecule has 0 spiro atoms. The zero-order chi connectivity index (χ0) is 20.2. The summed E-state index contributed by atoms with van der Waals surface area (Å²) in [6, 6.07) is 16.6. The number of oxazole rings is 1. The highest BCUT2D eigenvalue weighted by Gasteiger charge is 2.16. The van der Waals surface area contributed by atoms with Crippen molar-refractivity contribution < 1.29 is 9.15 Å². The monoisotopic (exact) mass is 390 g/mol. The lowest BCUT2D eigenvalue weighted by molar-refractivity contribution is 0.176. The minimum atomic E-state index is 0.408. The van der Waals surface area contributed by atoms with Crippen molar-refractivity contribution in [2.75, 3.05) is 13.1 Å². The maximum absolute atomic E-state index is 6.05. The molecule has 0 aliphatic carbocycles. The third kappa shape index (κ3) is 5.07. The Morgan fingerprint density at radius 1 is 1.14 bits per heavy atom. The standard InChI is InChI=1S/C25H30N2O2/c1-18-9-11-22(12-10-18)25-26-24(20(3)29-25)17-28-23-8-4-7-21(14-23)16-27-13-5-6-19(2)15-27/h4,7-12,14,19H,5-6,13,15-17H2,1-3H3. The van der Waals surface area contributed by atoms with Gasteiger partial charge in [0.15, 0.2) is 0 Å². The number of aromatic nitrogens is 1. The molecule has 0 bridgehead atoms. The van der Waals surface area contributed by atoms with Crippen LogP contribution in [0.2, 0.25) is 0 Å². The van der Waals surface area contributed by atoms with Gasteiger partial charge in [-0.15, -0.1) is 0 Å². The van der Waals surface area contributed by atoms with Gasteiger partial charge in [-0.05, 0) is 69.0 Å². The number of hydrogen-bond donors (Lipinski definition) is 0. The van der Waals surface area contributed by atoms with Crippen molar-refractivity contribution in [3.05, 3.63) is 71.1 Å². The maximum atomic E-state index is 6.05. The van der Waals surface area contributed by atoms with E-state index in [-0.39, 0.29) is 0 Å². The molecule has 1 aliphatic heterocycles. The molecule has 1 atom stereocenters. The van der Waals surface area contributed by atoms with Crippen LogP contribution in [0, 0.1) is 19.8 Å². The van der Waals surface area contributed by atoms with Gasteiger partial charge in [-0.3, -0.25) is 4.90 Å². The fourth-order valence-electron chi connectivity index (χ4n) is 3.96. The van der Waals surface area contributed by atoms with Crippen molar-refractivity contribution in [2.24, 2.45) is 5.92 Å². The summed E-state index contributed by atoms with van der Waals surface area (Å²) in [5.74, 6) is 3.13. The van der Waals surface area contributed by atoms with Gasteiger partial charge in [-0.1, -0.05) is 36.8 Å². The SMILES string of the molecule is Cc1ccc(-c2nc(COc3cccc(CN4CCCC(C)C4)c3)c(C)o2)cc1. The van der Waals surface area contributed by atoms with Gasteiger partial charge in [0.25, 0.3) is 0 Å². The fourth-order valence-corrected chi connectivity index (χ4v) is 3.96. The second kappa shape index (κ2) is 8.83. The lowest BCUT2D eigenvalue weighted by atomic mass is 10.00. The molecule has 3 aromatic rings. The number of piperidine rings is 1. The molecule has 2 aromatic carbocycles. The van der Waals surface area contributed by atoms with Crippen molar-refractivity contribution in [1.82, 2.24) is 9.88 Å². The first-order valence-electron chi connectivity index (χ1n) is 10.5. The van der Waals surface area contributed by atoms with E-state index in [9.17, 15) is 0 Å². The van der Waals surface area contributed by atoms with E-state index in [1.54, 1.807) is 0 Å². The first-order valence-corrected chi connectivity index (χ1v) is 10.5. The Morgan fingerprint density at radius 2 is 1.97 bits per heavy atom. The molecule has 1 unspecified atom stereocenters. The maximum Gasteiger partial charge on any atom is 0.226 e. The molecule has 4 nitrogen and oxygen atoms in total. The van der Waals surface area contributed by atoms with E-state index < -0.39 is 0 Å². The van der Waals surface area contributed by atoms with E-state index in [4.69, 9.17) is 9.15 Å². The predicted octanol–water partition coefficient (Wildman–Crippen LogP) is 5.77. The summed E-state index contributed by atoms with van der Waals surface area (Å²) in [6.07, 6.45) is 2.65. The number of nitrogens with zero attached hydrogens (tertiary/aromatic N) is 2. The van der Waals surface area contributed by atoms with Crippen LogP contribution in [0.4, 0.5) is 0 Å².